The smallest absolute Gasteiger partial charge is 0.265 e. The van der Waals surface area contributed by atoms with Crippen LogP contribution < -0.4 is 5.32 Å². The molecule has 2 rings (SSSR count). The summed E-state index contributed by atoms with van der Waals surface area (Å²) in [6.07, 6.45) is 0.919. The van der Waals surface area contributed by atoms with Crippen molar-refractivity contribution in [3.8, 4) is 0 Å². The van der Waals surface area contributed by atoms with Gasteiger partial charge in [0.05, 0.1) is 4.88 Å². The van der Waals surface area contributed by atoms with Crippen LogP contribution in [0, 0.1) is 6.92 Å². The molecule has 0 saturated heterocycles. The van der Waals surface area contributed by atoms with Gasteiger partial charge in [-0.3, -0.25) is 9.59 Å². The van der Waals surface area contributed by atoms with Gasteiger partial charge in [-0.05, 0) is 43.2 Å². The van der Waals surface area contributed by atoms with Crippen LogP contribution in [-0.4, -0.2) is 30.8 Å². The number of nitrogens with one attached hydrogen (secondary N) is 1. The van der Waals surface area contributed by atoms with Crippen LogP contribution in [-0.2, 0) is 6.42 Å². The Hall–Kier alpha value is -2.14. The van der Waals surface area contributed by atoms with Crippen LogP contribution in [0.1, 0.15) is 37.4 Å². The molecule has 0 saturated carbocycles. The maximum absolute atomic E-state index is 12.3. The van der Waals surface area contributed by atoms with Gasteiger partial charge < -0.3 is 10.2 Å². The van der Waals surface area contributed by atoms with E-state index in [9.17, 15) is 9.59 Å². The summed E-state index contributed by atoms with van der Waals surface area (Å²) in [6, 6.07) is 8.92. The largest absolute Gasteiger partial charge is 0.345 e. The number of benzene rings is 1. The fraction of sp³-hybridized carbons (Fsp3) is 0.294. The van der Waals surface area contributed by atoms with Crippen LogP contribution in [0.4, 0.5) is 5.69 Å². The average Bonchev–Trinajstić information content (AvgIpc) is 2.87. The summed E-state index contributed by atoms with van der Waals surface area (Å²) >= 11 is 1.49. The monoisotopic (exact) mass is 316 g/mol. The first kappa shape index (κ1) is 16.2. The second-order valence-electron chi connectivity index (χ2n) is 5.28. The topological polar surface area (TPSA) is 49.4 Å². The molecule has 2 amide bonds. The average molecular weight is 316 g/mol. The van der Waals surface area contributed by atoms with Crippen molar-refractivity contribution < 1.29 is 9.59 Å². The highest BCUT2D eigenvalue weighted by Gasteiger charge is 2.13. The number of nitrogens with zero attached hydrogens (tertiary/aromatic N) is 1. The summed E-state index contributed by atoms with van der Waals surface area (Å²) in [5.41, 5.74) is 2.38. The van der Waals surface area contributed by atoms with Crippen LogP contribution in [0.5, 0.6) is 0 Å². The predicted octanol–water partition coefficient (Wildman–Crippen LogP) is 3.57. The van der Waals surface area contributed by atoms with Crippen molar-refractivity contribution >= 4 is 28.8 Å². The van der Waals surface area contributed by atoms with Gasteiger partial charge in [0.1, 0.15) is 0 Å². The molecule has 0 atom stereocenters. The van der Waals surface area contributed by atoms with Crippen molar-refractivity contribution in [2.45, 2.75) is 20.3 Å². The summed E-state index contributed by atoms with van der Waals surface area (Å²) < 4.78 is 0. The Bertz CT molecular complexity index is 704. The van der Waals surface area contributed by atoms with E-state index >= 15 is 0 Å². The number of amides is 2. The van der Waals surface area contributed by atoms with Crippen molar-refractivity contribution in [3.05, 3.63) is 51.2 Å². The highest BCUT2D eigenvalue weighted by atomic mass is 32.1. The lowest BCUT2D eigenvalue weighted by Crippen LogP contribution is -2.21. The van der Waals surface area contributed by atoms with Gasteiger partial charge in [0.2, 0.25) is 0 Å². The van der Waals surface area contributed by atoms with Gasteiger partial charge in [-0.1, -0.05) is 13.0 Å². The molecule has 0 aliphatic carbocycles. The molecular formula is C17H20N2O2S. The van der Waals surface area contributed by atoms with Gasteiger partial charge in [0, 0.05) is 30.2 Å². The van der Waals surface area contributed by atoms with Crippen LogP contribution in [0.15, 0.2) is 30.3 Å². The number of aryl methyl sites for hydroxylation is 2. The standard InChI is InChI=1S/C17H20N2O2S/c1-5-12-10-15(22-11(12)2)16(20)18-14-8-6-7-13(9-14)17(21)19(3)4/h6-10H,5H2,1-4H3,(H,18,20). The maximum Gasteiger partial charge on any atom is 0.265 e. The number of hydrogen-bond donors (Lipinski definition) is 1. The zero-order valence-corrected chi connectivity index (χ0v) is 14.1. The molecule has 2 aromatic rings. The highest BCUT2D eigenvalue weighted by Crippen LogP contribution is 2.23. The molecule has 0 unspecified atom stereocenters. The Morgan fingerprint density at radius 1 is 1.23 bits per heavy atom. The Labute approximate surface area is 134 Å². The minimum Gasteiger partial charge on any atom is -0.345 e. The maximum atomic E-state index is 12.3. The molecule has 0 aliphatic heterocycles. The van der Waals surface area contributed by atoms with Crippen molar-refractivity contribution in [2.24, 2.45) is 0 Å². The van der Waals surface area contributed by atoms with Gasteiger partial charge in [-0.15, -0.1) is 11.3 Å². The fourth-order valence-electron chi connectivity index (χ4n) is 2.16. The minimum atomic E-state index is -0.137. The third-order valence-electron chi connectivity index (χ3n) is 3.40. The van der Waals surface area contributed by atoms with Gasteiger partial charge in [0.25, 0.3) is 11.8 Å². The van der Waals surface area contributed by atoms with E-state index in [4.69, 9.17) is 0 Å². The first-order valence-electron chi connectivity index (χ1n) is 7.14. The Balaban J connectivity index is 2.18. The number of carbonyl (C=O) groups excluding carboxylic acids is 2. The van der Waals surface area contributed by atoms with E-state index in [0.717, 1.165) is 6.42 Å². The van der Waals surface area contributed by atoms with Crippen LogP contribution >= 0.6 is 11.3 Å². The molecule has 0 bridgehead atoms. The zero-order valence-electron chi connectivity index (χ0n) is 13.3. The number of rotatable bonds is 4. The zero-order chi connectivity index (χ0) is 16.3. The normalized spacial score (nSPS) is 10.4. The molecular weight excluding hydrogens is 296 g/mol. The van der Waals surface area contributed by atoms with Gasteiger partial charge in [-0.2, -0.15) is 0 Å². The molecule has 0 spiro atoms. The number of carbonyl (C=O) groups is 2. The number of anilines is 1. The van der Waals surface area contributed by atoms with Gasteiger partial charge in [-0.25, -0.2) is 0 Å². The molecule has 1 aromatic carbocycles. The van der Waals surface area contributed by atoms with Crippen molar-refractivity contribution in [2.75, 3.05) is 19.4 Å². The summed E-state index contributed by atoms with van der Waals surface area (Å²) in [7, 11) is 3.41. The van der Waals surface area contributed by atoms with E-state index in [1.807, 2.05) is 13.0 Å². The Morgan fingerprint density at radius 2 is 1.95 bits per heavy atom. The molecule has 1 heterocycles. The first-order valence-corrected chi connectivity index (χ1v) is 7.96. The van der Waals surface area contributed by atoms with E-state index in [1.165, 1.54) is 26.7 Å². The Kier molecular flexibility index (Phi) is 4.98. The first-order chi connectivity index (χ1) is 10.4. The minimum absolute atomic E-state index is 0.0867. The van der Waals surface area contributed by atoms with E-state index in [-0.39, 0.29) is 11.8 Å². The number of hydrogen-bond acceptors (Lipinski definition) is 3. The number of thiophene rings is 1. The summed E-state index contributed by atoms with van der Waals surface area (Å²) in [5, 5.41) is 2.86. The van der Waals surface area contributed by atoms with Gasteiger partial charge >= 0.3 is 0 Å². The molecule has 116 valence electrons. The lowest BCUT2D eigenvalue weighted by atomic mass is 10.1. The molecule has 0 fully saturated rings. The summed E-state index contributed by atoms with van der Waals surface area (Å²) in [5.74, 6) is -0.224. The second-order valence-corrected chi connectivity index (χ2v) is 6.54. The third-order valence-corrected chi connectivity index (χ3v) is 4.49. The predicted molar refractivity (Wildman–Crippen MR) is 90.8 cm³/mol. The van der Waals surface area contributed by atoms with Gasteiger partial charge in [0.15, 0.2) is 0 Å². The van der Waals surface area contributed by atoms with Crippen molar-refractivity contribution in [3.63, 3.8) is 0 Å². The molecule has 22 heavy (non-hydrogen) atoms. The van der Waals surface area contributed by atoms with E-state index in [2.05, 4.69) is 12.2 Å². The lowest BCUT2D eigenvalue weighted by Gasteiger charge is -2.11. The quantitative estimate of drug-likeness (QED) is 0.937. The van der Waals surface area contributed by atoms with E-state index < -0.39 is 0 Å². The SMILES string of the molecule is CCc1cc(C(=O)Nc2cccc(C(=O)N(C)C)c2)sc1C. The van der Waals surface area contributed by atoms with E-state index in [0.29, 0.717) is 16.1 Å². The second kappa shape index (κ2) is 6.75. The molecule has 1 aromatic heterocycles. The van der Waals surface area contributed by atoms with Crippen LogP contribution in [0.2, 0.25) is 0 Å². The molecule has 4 nitrogen and oxygen atoms in total. The van der Waals surface area contributed by atoms with Crippen molar-refractivity contribution in [1.29, 1.82) is 0 Å². The lowest BCUT2D eigenvalue weighted by molar-refractivity contribution is 0.0827. The molecule has 1 N–H and O–H groups in total. The highest BCUT2D eigenvalue weighted by molar-refractivity contribution is 7.14. The summed E-state index contributed by atoms with van der Waals surface area (Å²) in [4.78, 5) is 27.6. The van der Waals surface area contributed by atoms with Crippen LogP contribution in [0.25, 0.3) is 0 Å². The van der Waals surface area contributed by atoms with Crippen molar-refractivity contribution in [1.82, 2.24) is 4.90 Å². The third kappa shape index (κ3) is 3.54. The summed E-state index contributed by atoms with van der Waals surface area (Å²) in [6.45, 7) is 4.10. The molecule has 5 heteroatoms. The van der Waals surface area contributed by atoms with E-state index in [1.54, 1.807) is 38.4 Å². The fourth-order valence-corrected chi connectivity index (χ4v) is 3.17. The van der Waals surface area contributed by atoms with Crippen LogP contribution in [0.3, 0.4) is 0 Å². The molecule has 0 radical (unpaired) electrons. The Morgan fingerprint density at radius 3 is 2.55 bits per heavy atom. The molecule has 0 aliphatic rings.